The van der Waals surface area contributed by atoms with Crippen molar-refractivity contribution >= 4 is 11.9 Å². The molecule has 7 heteroatoms. The molecule has 0 atom stereocenters. The number of ether oxygens (including phenoxy) is 2. The fourth-order valence-electron chi connectivity index (χ4n) is 2.90. The largest absolute Gasteiger partial charge is 0.508 e. The average Bonchev–Trinajstić information content (AvgIpc) is 2.61. The summed E-state index contributed by atoms with van der Waals surface area (Å²) in [5.74, 6) is -2.30. The van der Waals surface area contributed by atoms with Crippen molar-refractivity contribution in [2.24, 2.45) is 0 Å². The number of hydrogen-bond acceptors (Lipinski definition) is 7. The van der Waals surface area contributed by atoms with E-state index in [0.717, 1.165) is 0 Å². The van der Waals surface area contributed by atoms with Crippen LogP contribution in [0.15, 0.2) is 6.07 Å². The maximum absolute atomic E-state index is 12.7. The number of methoxy groups -OCH3 is 1. The Bertz CT molecular complexity index is 929. The minimum absolute atomic E-state index is 0.00630. The highest BCUT2D eigenvalue weighted by Crippen LogP contribution is 2.39. The van der Waals surface area contributed by atoms with E-state index in [1.165, 1.54) is 27.0 Å². The van der Waals surface area contributed by atoms with Crippen LogP contribution in [0, 0.1) is 34.6 Å². The molecule has 0 amide bonds. The van der Waals surface area contributed by atoms with Crippen LogP contribution in [-0.2, 0) is 4.74 Å². The van der Waals surface area contributed by atoms with Crippen molar-refractivity contribution in [1.29, 1.82) is 0 Å². The monoisotopic (exact) mass is 374 g/mol. The molecule has 0 heterocycles. The van der Waals surface area contributed by atoms with Gasteiger partial charge in [0, 0.05) is 11.1 Å². The molecule has 0 bridgehead atoms. The van der Waals surface area contributed by atoms with Crippen molar-refractivity contribution in [3.8, 4) is 23.0 Å². The van der Waals surface area contributed by atoms with E-state index in [9.17, 15) is 24.9 Å². The predicted octanol–water partition coefficient (Wildman–Crippen LogP) is 3.35. The Morgan fingerprint density at radius 2 is 1.33 bits per heavy atom. The summed E-state index contributed by atoms with van der Waals surface area (Å²) in [7, 11) is 1.21. The van der Waals surface area contributed by atoms with Gasteiger partial charge in [0.05, 0.1) is 7.11 Å². The zero-order chi connectivity index (χ0) is 20.6. The molecule has 0 radical (unpaired) electrons. The summed E-state index contributed by atoms with van der Waals surface area (Å²) in [6.07, 6.45) is 0. The van der Waals surface area contributed by atoms with Crippen LogP contribution in [0.25, 0.3) is 0 Å². The summed E-state index contributed by atoms with van der Waals surface area (Å²) in [5, 5.41) is 30.4. The van der Waals surface area contributed by atoms with Crippen molar-refractivity contribution in [3.05, 3.63) is 45.0 Å². The molecule has 0 aliphatic carbocycles. The summed E-state index contributed by atoms with van der Waals surface area (Å²) in [5.41, 5.74) is 1.50. The Labute approximate surface area is 156 Å². The second-order valence-corrected chi connectivity index (χ2v) is 6.37. The van der Waals surface area contributed by atoms with Gasteiger partial charge in [-0.15, -0.1) is 0 Å². The fourth-order valence-corrected chi connectivity index (χ4v) is 2.90. The molecule has 0 fully saturated rings. The lowest BCUT2D eigenvalue weighted by molar-refractivity contribution is 0.0596. The van der Waals surface area contributed by atoms with Gasteiger partial charge >= 0.3 is 11.9 Å². The molecule has 144 valence electrons. The van der Waals surface area contributed by atoms with Crippen molar-refractivity contribution in [2.75, 3.05) is 7.11 Å². The number of benzene rings is 2. The van der Waals surface area contributed by atoms with Gasteiger partial charge < -0.3 is 24.8 Å². The molecule has 0 saturated carbocycles. The zero-order valence-corrected chi connectivity index (χ0v) is 16.1. The minimum atomic E-state index is -0.844. The standard InChI is InChI=1S/C20H22O7/c1-8-7-13(21)11(4)16(22)14(8)20(25)27-18-10(3)9(2)15(19(24)26-6)17(23)12(18)5/h7,21-23H,1-6H3. The van der Waals surface area contributed by atoms with Crippen LogP contribution >= 0.6 is 0 Å². The van der Waals surface area contributed by atoms with Crippen LogP contribution in [-0.4, -0.2) is 34.4 Å². The number of phenols is 3. The molecule has 0 unspecified atom stereocenters. The zero-order valence-electron chi connectivity index (χ0n) is 16.1. The first-order valence-corrected chi connectivity index (χ1v) is 8.18. The smallest absolute Gasteiger partial charge is 0.347 e. The summed E-state index contributed by atoms with van der Waals surface area (Å²) < 4.78 is 10.1. The van der Waals surface area contributed by atoms with E-state index in [4.69, 9.17) is 9.47 Å². The first-order chi connectivity index (χ1) is 12.5. The van der Waals surface area contributed by atoms with Gasteiger partial charge in [0.2, 0.25) is 0 Å². The van der Waals surface area contributed by atoms with E-state index < -0.39 is 11.9 Å². The second kappa shape index (κ2) is 7.19. The molecule has 0 aliphatic rings. The third kappa shape index (κ3) is 3.28. The molecular formula is C20H22O7. The SMILES string of the molecule is COC(=O)c1c(C)c(C)c(OC(=O)c2c(C)cc(O)c(C)c2O)c(C)c1O. The normalized spacial score (nSPS) is 10.6. The van der Waals surface area contributed by atoms with E-state index in [1.807, 2.05) is 0 Å². The topological polar surface area (TPSA) is 113 Å². The van der Waals surface area contributed by atoms with E-state index in [0.29, 0.717) is 16.7 Å². The maximum Gasteiger partial charge on any atom is 0.347 e. The fraction of sp³-hybridized carbons (Fsp3) is 0.300. The highest BCUT2D eigenvalue weighted by Gasteiger charge is 2.27. The lowest BCUT2D eigenvalue weighted by Gasteiger charge is -2.18. The van der Waals surface area contributed by atoms with Gasteiger partial charge in [-0.25, -0.2) is 9.59 Å². The molecule has 0 aliphatic heterocycles. The van der Waals surface area contributed by atoms with Gasteiger partial charge in [0.25, 0.3) is 0 Å². The van der Waals surface area contributed by atoms with E-state index >= 15 is 0 Å². The number of phenolic OH excluding ortho intramolecular Hbond substituents is 3. The number of carbonyl (C=O) groups excluding carboxylic acids is 2. The van der Waals surface area contributed by atoms with Crippen molar-refractivity contribution in [1.82, 2.24) is 0 Å². The number of rotatable bonds is 3. The summed E-state index contributed by atoms with van der Waals surface area (Å²) >= 11 is 0. The Morgan fingerprint density at radius 1 is 0.778 bits per heavy atom. The van der Waals surface area contributed by atoms with Gasteiger partial charge in [0.1, 0.15) is 34.1 Å². The van der Waals surface area contributed by atoms with Crippen molar-refractivity contribution in [3.63, 3.8) is 0 Å². The molecule has 2 rings (SSSR count). The number of hydrogen-bond donors (Lipinski definition) is 3. The van der Waals surface area contributed by atoms with Crippen molar-refractivity contribution in [2.45, 2.75) is 34.6 Å². The van der Waals surface area contributed by atoms with Crippen LogP contribution in [0.5, 0.6) is 23.0 Å². The lowest BCUT2D eigenvalue weighted by atomic mass is 9.97. The average molecular weight is 374 g/mol. The van der Waals surface area contributed by atoms with Crippen LogP contribution in [0.4, 0.5) is 0 Å². The quantitative estimate of drug-likeness (QED) is 0.558. The van der Waals surface area contributed by atoms with Crippen LogP contribution in [0.1, 0.15) is 48.5 Å². The molecule has 27 heavy (non-hydrogen) atoms. The number of carbonyl (C=O) groups is 2. The number of aryl methyl sites for hydroxylation is 1. The van der Waals surface area contributed by atoms with Crippen LogP contribution in [0.2, 0.25) is 0 Å². The molecular weight excluding hydrogens is 352 g/mol. The molecule has 0 saturated heterocycles. The molecule has 2 aromatic carbocycles. The first kappa shape index (κ1) is 20.1. The second-order valence-electron chi connectivity index (χ2n) is 6.37. The van der Waals surface area contributed by atoms with Gasteiger partial charge in [-0.05, 0) is 57.4 Å². The molecule has 0 aromatic heterocycles. The summed E-state index contributed by atoms with van der Waals surface area (Å²) in [6, 6.07) is 1.36. The number of aromatic hydroxyl groups is 3. The molecule has 2 aromatic rings. The van der Waals surface area contributed by atoms with Gasteiger partial charge in [-0.3, -0.25) is 0 Å². The van der Waals surface area contributed by atoms with E-state index in [2.05, 4.69) is 0 Å². The third-order valence-electron chi connectivity index (χ3n) is 4.72. The Kier molecular flexibility index (Phi) is 5.35. The Hall–Kier alpha value is -3.22. The maximum atomic E-state index is 12.7. The Morgan fingerprint density at radius 3 is 1.89 bits per heavy atom. The van der Waals surface area contributed by atoms with Crippen molar-refractivity contribution < 1.29 is 34.4 Å². The van der Waals surface area contributed by atoms with Crippen LogP contribution < -0.4 is 4.74 Å². The molecule has 0 spiro atoms. The van der Waals surface area contributed by atoms with Gasteiger partial charge in [0.15, 0.2) is 0 Å². The number of esters is 2. The highest BCUT2D eigenvalue weighted by atomic mass is 16.5. The van der Waals surface area contributed by atoms with E-state index in [-0.39, 0.29) is 45.3 Å². The predicted molar refractivity (Wildman–Crippen MR) is 97.9 cm³/mol. The third-order valence-corrected chi connectivity index (χ3v) is 4.72. The minimum Gasteiger partial charge on any atom is -0.508 e. The van der Waals surface area contributed by atoms with Crippen LogP contribution in [0.3, 0.4) is 0 Å². The summed E-state index contributed by atoms with van der Waals surface area (Å²) in [4.78, 5) is 24.6. The van der Waals surface area contributed by atoms with Gasteiger partial charge in [-0.2, -0.15) is 0 Å². The highest BCUT2D eigenvalue weighted by molar-refractivity contribution is 5.98. The lowest BCUT2D eigenvalue weighted by Crippen LogP contribution is -2.15. The molecule has 7 nitrogen and oxygen atoms in total. The van der Waals surface area contributed by atoms with Gasteiger partial charge in [-0.1, -0.05) is 0 Å². The Balaban J connectivity index is 2.58. The molecule has 3 N–H and O–H groups in total. The first-order valence-electron chi connectivity index (χ1n) is 8.18. The van der Waals surface area contributed by atoms with E-state index in [1.54, 1.807) is 20.8 Å². The summed E-state index contributed by atoms with van der Waals surface area (Å²) in [6.45, 7) is 7.78.